The van der Waals surface area contributed by atoms with Gasteiger partial charge in [-0.3, -0.25) is 4.79 Å². The second-order valence-corrected chi connectivity index (χ2v) is 7.31. The van der Waals surface area contributed by atoms with E-state index in [1.165, 1.54) is 6.33 Å². The quantitative estimate of drug-likeness (QED) is 0.535. The average Bonchev–Trinajstić information content (AvgIpc) is 3.21. The van der Waals surface area contributed by atoms with Gasteiger partial charge in [0.15, 0.2) is 5.82 Å². The maximum absolute atomic E-state index is 14.1. The number of amides is 1. The number of fused-ring (bicyclic) bond motifs is 1. The summed E-state index contributed by atoms with van der Waals surface area (Å²) in [5.74, 6) is -1.08. The summed E-state index contributed by atoms with van der Waals surface area (Å²) in [6.07, 6.45) is 0.0358. The Hall–Kier alpha value is -3.37. The number of aromatic nitrogens is 3. The van der Waals surface area contributed by atoms with E-state index in [0.717, 1.165) is 48.4 Å². The minimum atomic E-state index is -4.80. The topological polar surface area (TPSA) is 85.9 Å². The van der Waals surface area contributed by atoms with E-state index in [4.69, 9.17) is 0 Å². The molecule has 164 valence electrons. The van der Waals surface area contributed by atoms with Crippen LogP contribution in [0.2, 0.25) is 0 Å². The molecule has 0 aliphatic carbocycles. The first kappa shape index (κ1) is 20.9. The molecule has 0 bridgehead atoms. The zero-order chi connectivity index (χ0) is 22.0. The summed E-state index contributed by atoms with van der Waals surface area (Å²) in [5, 5.41) is 6.19. The zero-order valence-electron chi connectivity index (χ0n) is 16.3. The fourth-order valence-electron chi connectivity index (χ4n) is 3.74. The summed E-state index contributed by atoms with van der Waals surface area (Å²) >= 11 is 0. The third-order valence-electron chi connectivity index (χ3n) is 5.16. The van der Waals surface area contributed by atoms with Gasteiger partial charge in [0.25, 0.3) is 0 Å². The highest BCUT2D eigenvalue weighted by Gasteiger charge is 2.35. The molecule has 1 fully saturated rings. The maximum Gasteiger partial charge on any atom is 0.419 e. The molecular weight excluding hydrogens is 416 g/mol. The lowest BCUT2D eigenvalue weighted by Crippen LogP contribution is -2.49. The average molecular weight is 436 g/mol. The van der Waals surface area contributed by atoms with Crippen LogP contribution in [0.25, 0.3) is 11.0 Å². The molecule has 0 saturated carbocycles. The van der Waals surface area contributed by atoms with Gasteiger partial charge in [-0.1, -0.05) is 6.07 Å². The van der Waals surface area contributed by atoms with Gasteiger partial charge < -0.3 is 20.5 Å². The fourth-order valence-corrected chi connectivity index (χ4v) is 3.74. The van der Waals surface area contributed by atoms with Crippen LogP contribution in [0.15, 0.2) is 36.8 Å². The Kier molecular flexibility index (Phi) is 5.66. The molecule has 1 aliphatic rings. The van der Waals surface area contributed by atoms with Crippen LogP contribution in [0.3, 0.4) is 0 Å². The first-order valence-corrected chi connectivity index (χ1v) is 9.75. The van der Waals surface area contributed by atoms with Gasteiger partial charge in [-0.15, -0.1) is 0 Å². The minimum absolute atomic E-state index is 0.168. The van der Waals surface area contributed by atoms with Gasteiger partial charge in [0, 0.05) is 25.3 Å². The summed E-state index contributed by atoms with van der Waals surface area (Å²) in [5.41, 5.74) is -1.02. The number of hydrogen-bond donors (Lipinski definition) is 3. The maximum atomic E-state index is 14.1. The van der Waals surface area contributed by atoms with Crippen molar-refractivity contribution in [2.45, 2.75) is 25.1 Å². The fraction of sp³-hybridized carbons (Fsp3) is 0.350. The Bertz CT molecular complexity index is 1080. The molecule has 31 heavy (non-hydrogen) atoms. The molecule has 3 heterocycles. The second-order valence-electron chi connectivity index (χ2n) is 7.31. The highest BCUT2D eigenvalue weighted by Crippen LogP contribution is 2.33. The molecule has 3 N–H and O–H groups in total. The Morgan fingerprint density at radius 1 is 1.26 bits per heavy atom. The van der Waals surface area contributed by atoms with Crippen LogP contribution in [-0.4, -0.2) is 46.5 Å². The predicted molar refractivity (Wildman–Crippen MR) is 107 cm³/mol. The van der Waals surface area contributed by atoms with Crippen LogP contribution >= 0.6 is 0 Å². The number of hydrogen-bond acceptors (Lipinski definition) is 5. The second kappa shape index (κ2) is 8.40. The van der Waals surface area contributed by atoms with Crippen LogP contribution in [0, 0.1) is 5.82 Å². The third-order valence-corrected chi connectivity index (χ3v) is 5.16. The van der Waals surface area contributed by atoms with Crippen molar-refractivity contribution in [3.8, 4) is 0 Å². The van der Waals surface area contributed by atoms with Crippen LogP contribution in [0.5, 0.6) is 0 Å². The molecule has 1 aliphatic heterocycles. The summed E-state index contributed by atoms with van der Waals surface area (Å²) in [4.78, 5) is 26.0. The third kappa shape index (κ3) is 4.54. The lowest BCUT2D eigenvalue weighted by molar-refractivity contribution is -0.139. The molecule has 11 heteroatoms. The van der Waals surface area contributed by atoms with E-state index >= 15 is 0 Å². The van der Waals surface area contributed by atoms with Crippen LogP contribution in [0.4, 0.5) is 29.1 Å². The van der Waals surface area contributed by atoms with E-state index in [0.29, 0.717) is 12.6 Å². The first-order chi connectivity index (χ1) is 14.8. The number of benzene rings is 1. The SMILES string of the molecule is O=C(CNc1cccc(C(F)(F)F)c1F)NC1CCCN(c2ncnc3[nH]ccc23)C1. The van der Waals surface area contributed by atoms with Crippen molar-refractivity contribution in [3.05, 3.63) is 48.2 Å². The molecule has 4 rings (SSSR count). The van der Waals surface area contributed by atoms with Gasteiger partial charge in [0.05, 0.1) is 23.2 Å². The van der Waals surface area contributed by atoms with E-state index in [2.05, 4.69) is 30.5 Å². The molecule has 2 aromatic heterocycles. The van der Waals surface area contributed by atoms with Gasteiger partial charge in [-0.2, -0.15) is 13.2 Å². The number of rotatable bonds is 5. The van der Waals surface area contributed by atoms with E-state index in [1.54, 1.807) is 6.20 Å². The molecule has 1 saturated heterocycles. The molecule has 3 aromatic rings. The standard InChI is InChI=1S/C20H20F4N6O/c21-17-14(20(22,23)24)4-1-5-15(17)26-9-16(31)29-12-3-2-8-30(10-12)19-13-6-7-25-18(13)27-11-28-19/h1,4-7,11-12,26H,2-3,8-10H2,(H,29,31)(H,25,27,28). The normalized spacial score (nSPS) is 17.0. The van der Waals surface area contributed by atoms with Crippen LogP contribution in [0.1, 0.15) is 18.4 Å². The van der Waals surface area contributed by atoms with Crippen molar-refractivity contribution in [2.75, 3.05) is 29.9 Å². The Balaban J connectivity index is 1.37. The smallest absolute Gasteiger partial charge is 0.374 e. The molecule has 1 unspecified atom stereocenters. The number of carbonyl (C=O) groups is 1. The van der Waals surface area contributed by atoms with Crippen molar-refractivity contribution in [3.63, 3.8) is 0 Å². The molecule has 7 nitrogen and oxygen atoms in total. The van der Waals surface area contributed by atoms with E-state index in [9.17, 15) is 22.4 Å². The monoisotopic (exact) mass is 436 g/mol. The number of alkyl halides is 3. The van der Waals surface area contributed by atoms with Crippen molar-refractivity contribution < 1.29 is 22.4 Å². The van der Waals surface area contributed by atoms with E-state index < -0.39 is 23.5 Å². The van der Waals surface area contributed by atoms with E-state index in [1.807, 2.05) is 6.07 Å². The first-order valence-electron chi connectivity index (χ1n) is 9.75. The number of halogens is 4. The molecule has 0 spiro atoms. The van der Waals surface area contributed by atoms with Crippen molar-refractivity contribution >= 4 is 28.4 Å². The highest BCUT2D eigenvalue weighted by atomic mass is 19.4. The predicted octanol–water partition coefficient (Wildman–Crippen LogP) is 3.31. The minimum Gasteiger partial charge on any atom is -0.374 e. The van der Waals surface area contributed by atoms with Crippen molar-refractivity contribution in [2.24, 2.45) is 0 Å². The van der Waals surface area contributed by atoms with Gasteiger partial charge in [0.1, 0.15) is 17.8 Å². The Labute approximate surface area is 174 Å². The van der Waals surface area contributed by atoms with Gasteiger partial charge in [0.2, 0.25) is 5.91 Å². The molecule has 0 radical (unpaired) electrons. The number of aromatic amines is 1. The van der Waals surface area contributed by atoms with Gasteiger partial charge >= 0.3 is 6.18 Å². The van der Waals surface area contributed by atoms with Crippen LogP contribution in [-0.2, 0) is 11.0 Å². The summed E-state index contributed by atoms with van der Waals surface area (Å²) in [7, 11) is 0. The van der Waals surface area contributed by atoms with E-state index in [-0.39, 0.29) is 18.3 Å². The molecule has 1 atom stereocenters. The molecule has 1 aromatic carbocycles. The van der Waals surface area contributed by atoms with Gasteiger partial charge in [-0.25, -0.2) is 14.4 Å². The number of carbonyl (C=O) groups excluding carboxylic acids is 1. The lowest BCUT2D eigenvalue weighted by atomic mass is 10.1. The van der Waals surface area contributed by atoms with Crippen LogP contribution < -0.4 is 15.5 Å². The number of anilines is 2. The Morgan fingerprint density at radius 3 is 2.90 bits per heavy atom. The number of nitrogens with one attached hydrogen (secondary N) is 3. The number of H-pyrrole nitrogens is 1. The molecular formula is C20H20F4N6O. The zero-order valence-corrected chi connectivity index (χ0v) is 16.3. The summed E-state index contributed by atoms with van der Waals surface area (Å²) < 4.78 is 52.6. The largest absolute Gasteiger partial charge is 0.419 e. The van der Waals surface area contributed by atoms with Crippen molar-refractivity contribution in [1.29, 1.82) is 0 Å². The van der Waals surface area contributed by atoms with Crippen molar-refractivity contribution in [1.82, 2.24) is 20.3 Å². The van der Waals surface area contributed by atoms with Gasteiger partial charge in [-0.05, 0) is 31.0 Å². The summed E-state index contributed by atoms with van der Waals surface area (Å²) in [6.45, 7) is 0.961. The Morgan fingerprint density at radius 2 is 2.10 bits per heavy atom. The molecule has 1 amide bonds. The lowest BCUT2D eigenvalue weighted by Gasteiger charge is -2.34. The number of piperidine rings is 1. The summed E-state index contributed by atoms with van der Waals surface area (Å²) in [6, 6.07) is 4.64. The number of nitrogens with zero attached hydrogens (tertiary/aromatic N) is 3. The highest BCUT2D eigenvalue weighted by molar-refractivity contribution is 5.87.